The smallest absolute Gasteiger partial charge is 0.106 e. The third-order valence-electron chi connectivity index (χ3n) is 3.34. The van der Waals surface area contributed by atoms with E-state index in [9.17, 15) is 5.11 Å². The van der Waals surface area contributed by atoms with E-state index in [0.29, 0.717) is 0 Å². The molecule has 0 fully saturated rings. The first-order valence-corrected chi connectivity index (χ1v) is 7.46. The maximum atomic E-state index is 9.31. The SMILES string of the molecule is CN(Cc1ccnc(Br)c1)C(CCO)c1ccccc1. The summed E-state index contributed by atoms with van der Waals surface area (Å²) < 4.78 is 0.849. The Bertz CT molecular complexity index is 533. The molecule has 3 nitrogen and oxygen atoms in total. The molecule has 20 heavy (non-hydrogen) atoms. The van der Waals surface area contributed by atoms with Crippen LogP contribution in [0.4, 0.5) is 0 Å². The first-order valence-electron chi connectivity index (χ1n) is 6.67. The van der Waals surface area contributed by atoms with Gasteiger partial charge < -0.3 is 5.11 Å². The number of nitrogens with zero attached hydrogens (tertiary/aromatic N) is 2. The maximum Gasteiger partial charge on any atom is 0.106 e. The molecule has 1 unspecified atom stereocenters. The van der Waals surface area contributed by atoms with Gasteiger partial charge in [0.2, 0.25) is 0 Å². The topological polar surface area (TPSA) is 36.4 Å². The lowest BCUT2D eigenvalue weighted by molar-refractivity contribution is 0.180. The second kappa shape index (κ2) is 7.53. The van der Waals surface area contributed by atoms with Crippen LogP contribution in [0.3, 0.4) is 0 Å². The Kier molecular flexibility index (Phi) is 5.71. The van der Waals surface area contributed by atoms with E-state index < -0.39 is 0 Å². The highest BCUT2D eigenvalue weighted by Crippen LogP contribution is 2.24. The van der Waals surface area contributed by atoms with Gasteiger partial charge in [0.25, 0.3) is 0 Å². The summed E-state index contributed by atoms with van der Waals surface area (Å²) in [7, 11) is 2.08. The van der Waals surface area contributed by atoms with E-state index in [2.05, 4.69) is 45.0 Å². The fraction of sp³-hybridized carbons (Fsp3) is 0.312. The molecule has 1 aromatic heterocycles. The number of hydrogen-bond donors (Lipinski definition) is 1. The third kappa shape index (κ3) is 4.13. The van der Waals surface area contributed by atoms with Crippen molar-refractivity contribution < 1.29 is 5.11 Å². The molecule has 1 aromatic carbocycles. The number of halogens is 1. The summed E-state index contributed by atoms with van der Waals surface area (Å²) in [6.45, 7) is 1.00. The molecule has 0 amide bonds. The van der Waals surface area contributed by atoms with Crippen molar-refractivity contribution in [3.8, 4) is 0 Å². The largest absolute Gasteiger partial charge is 0.396 e. The van der Waals surface area contributed by atoms with Crippen molar-refractivity contribution in [3.63, 3.8) is 0 Å². The van der Waals surface area contributed by atoms with E-state index in [-0.39, 0.29) is 12.6 Å². The van der Waals surface area contributed by atoms with Crippen molar-refractivity contribution in [1.82, 2.24) is 9.88 Å². The molecular weight excluding hydrogens is 316 g/mol. The minimum atomic E-state index is 0.184. The van der Waals surface area contributed by atoms with Crippen LogP contribution < -0.4 is 0 Å². The fourth-order valence-corrected chi connectivity index (χ4v) is 2.79. The molecule has 1 N–H and O–H groups in total. The van der Waals surface area contributed by atoms with E-state index >= 15 is 0 Å². The van der Waals surface area contributed by atoms with Crippen LogP contribution in [-0.4, -0.2) is 28.6 Å². The number of rotatable bonds is 6. The van der Waals surface area contributed by atoms with Gasteiger partial charge in [0.1, 0.15) is 4.60 Å². The van der Waals surface area contributed by atoms with Gasteiger partial charge >= 0.3 is 0 Å². The summed E-state index contributed by atoms with van der Waals surface area (Å²) in [6, 6.07) is 14.6. The molecule has 106 valence electrons. The van der Waals surface area contributed by atoms with Gasteiger partial charge in [-0.3, -0.25) is 4.90 Å². The van der Waals surface area contributed by atoms with Crippen LogP contribution >= 0.6 is 15.9 Å². The first kappa shape index (κ1) is 15.2. The van der Waals surface area contributed by atoms with Gasteiger partial charge in [-0.15, -0.1) is 0 Å². The number of aromatic nitrogens is 1. The molecule has 2 aromatic rings. The molecule has 0 aliphatic rings. The van der Waals surface area contributed by atoms with Crippen LogP contribution in [0.25, 0.3) is 0 Å². The Hall–Kier alpha value is -1.23. The molecule has 0 saturated heterocycles. The minimum absolute atomic E-state index is 0.184. The van der Waals surface area contributed by atoms with E-state index in [0.717, 1.165) is 17.6 Å². The van der Waals surface area contributed by atoms with Crippen LogP contribution in [0, 0.1) is 0 Å². The molecule has 0 aliphatic carbocycles. The lowest BCUT2D eigenvalue weighted by atomic mass is 10.0. The Morgan fingerprint density at radius 3 is 2.65 bits per heavy atom. The van der Waals surface area contributed by atoms with Gasteiger partial charge in [-0.25, -0.2) is 4.98 Å². The van der Waals surface area contributed by atoms with Gasteiger partial charge in [-0.05, 0) is 52.7 Å². The van der Waals surface area contributed by atoms with Gasteiger partial charge in [0.05, 0.1) is 0 Å². The molecule has 0 spiro atoms. The van der Waals surface area contributed by atoms with Crippen LogP contribution in [0.15, 0.2) is 53.3 Å². The van der Waals surface area contributed by atoms with Gasteiger partial charge in [0.15, 0.2) is 0 Å². The quantitative estimate of drug-likeness (QED) is 0.822. The zero-order chi connectivity index (χ0) is 14.4. The van der Waals surface area contributed by atoms with Crippen LogP contribution in [0.1, 0.15) is 23.6 Å². The highest BCUT2D eigenvalue weighted by Gasteiger charge is 2.16. The van der Waals surface area contributed by atoms with Gasteiger partial charge in [-0.1, -0.05) is 30.3 Å². The summed E-state index contributed by atoms with van der Waals surface area (Å²) in [5.74, 6) is 0. The third-order valence-corrected chi connectivity index (χ3v) is 3.78. The van der Waals surface area contributed by atoms with E-state index in [1.165, 1.54) is 11.1 Å². The summed E-state index contributed by atoms with van der Waals surface area (Å²) in [4.78, 5) is 6.40. The van der Waals surface area contributed by atoms with Crippen molar-refractivity contribution in [2.45, 2.75) is 19.0 Å². The molecule has 4 heteroatoms. The molecule has 1 heterocycles. The zero-order valence-electron chi connectivity index (χ0n) is 11.5. The number of hydrogen-bond acceptors (Lipinski definition) is 3. The average molecular weight is 335 g/mol. The average Bonchev–Trinajstić information content (AvgIpc) is 2.45. The van der Waals surface area contributed by atoms with Crippen molar-refractivity contribution >= 4 is 15.9 Å². The van der Waals surface area contributed by atoms with Crippen LogP contribution in [-0.2, 0) is 6.54 Å². The predicted molar refractivity (Wildman–Crippen MR) is 84.3 cm³/mol. The predicted octanol–water partition coefficient (Wildman–Crippen LogP) is 3.40. The fourth-order valence-electron chi connectivity index (χ4n) is 2.38. The lowest BCUT2D eigenvalue weighted by Gasteiger charge is -2.28. The molecule has 0 aliphatic heterocycles. The van der Waals surface area contributed by atoms with E-state index in [4.69, 9.17) is 0 Å². The Morgan fingerprint density at radius 2 is 2.00 bits per heavy atom. The van der Waals surface area contributed by atoms with Crippen molar-refractivity contribution in [2.75, 3.05) is 13.7 Å². The second-order valence-electron chi connectivity index (χ2n) is 4.84. The maximum absolute atomic E-state index is 9.31. The Labute approximate surface area is 128 Å². The number of benzene rings is 1. The minimum Gasteiger partial charge on any atom is -0.396 e. The van der Waals surface area contributed by atoms with E-state index in [1.54, 1.807) is 6.20 Å². The summed E-state index contributed by atoms with van der Waals surface area (Å²) in [6.07, 6.45) is 2.53. The summed E-state index contributed by atoms with van der Waals surface area (Å²) in [5, 5.41) is 9.31. The summed E-state index contributed by atoms with van der Waals surface area (Å²) >= 11 is 3.40. The highest BCUT2D eigenvalue weighted by atomic mass is 79.9. The molecule has 0 saturated carbocycles. The molecule has 1 atom stereocenters. The van der Waals surface area contributed by atoms with Crippen LogP contribution in [0.5, 0.6) is 0 Å². The Balaban J connectivity index is 2.13. The molecular formula is C16H19BrN2O. The number of aliphatic hydroxyl groups is 1. The summed E-state index contributed by atoms with van der Waals surface area (Å²) in [5.41, 5.74) is 2.44. The van der Waals surface area contributed by atoms with Crippen molar-refractivity contribution in [3.05, 3.63) is 64.4 Å². The van der Waals surface area contributed by atoms with Crippen molar-refractivity contribution in [2.24, 2.45) is 0 Å². The van der Waals surface area contributed by atoms with E-state index in [1.807, 2.05) is 30.3 Å². The first-order chi connectivity index (χ1) is 9.70. The standard InChI is InChI=1S/C16H19BrN2O/c1-19(12-13-7-9-18-16(17)11-13)15(8-10-20)14-5-3-2-4-6-14/h2-7,9,11,15,20H,8,10,12H2,1H3. The Morgan fingerprint density at radius 1 is 1.25 bits per heavy atom. The zero-order valence-corrected chi connectivity index (χ0v) is 13.1. The molecule has 0 bridgehead atoms. The molecule has 2 rings (SSSR count). The van der Waals surface area contributed by atoms with Crippen LogP contribution in [0.2, 0.25) is 0 Å². The highest BCUT2D eigenvalue weighted by molar-refractivity contribution is 9.10. The van der Waals surface area contributed by atoms with Crippen molar-refractivity contribution in [1.29, 1.82) is 0 Å². The number of pyridine rings is 1. The molecule has 0 radical (unpaired) electrons. The lowest BCUT2D eigenvalue weighted by Crippen LogP contribution is -2.25. The van der Waals surface area contributed by atoms with Gasteiger partial charge in [-0.2, -0.15) is 0 Å². The normalized spacial score (nSPS) is 12.6. The van der Waals surface area contributed by atoms with Gasteiger partial charge in [0, 0.05) is 25.4 Å². The second-order valence-corrected chi connectivity index (χ2v) is 5.65. The monoisotopic (exact) mass is 334 g/mol. The number of aliphatic hydroxyl groups excluding tert-OH is 1.